The fraction of sp³-hybridized carbons (Fsp3) is 0.364. The largest absolute Gasteiger partial charge is 0.506 e. The summed E-state index contributed by atoms with van der Waals surface area (Å²) in [6, 6.07) is 2.34. The highest BCUT2D eigenvalue weighted by Gasteiger charge is 2.18. The molecule has 0 fully saturated rings. The highest BCUT2D eigenvalue weighted by Crippen LogP contribution is 2.31. The van der Waals surface area contributed by atoms with E-state index in [1.54, 1.807) is 24.9 Å². The molecule has 4 nitrogen and oxygen atoms in total. The number of phenols is 1. The van der Waals surface area contributed by atoms with Crippen LogP contribution in [-0.4, -0.2) is 34.2 Å². The van der Waals surface area contributed by atoms with Gasteiger partial charge in [-0.15, -0.1) is 0 Å². The molecule has 0 saturated carbocycles. The van der Waals surface area contributed by atoms with E-state index < -0.39 is 12.0 Å². The van der Waals surface area contributed by atoms with E-state index in [1.165, 1.54) is 6.07 Å². The summed E-state index contributed by atoms with van der Waals surface area (Å²) in [6.45, 7) is 1.81. The molecule has 0 amide bonds. The number of likely N-dealkylation sites (N-methyl/N-ethyl adjacent to an activating group) is 1. The summed E-state index contributed by atoms with van der Waals surface area (Å²) >= 11 is 11.6. The molecule has 0 aliphatic heterocycles. The molecule has 94 valence electrons. The normalized spacial score (nSPS) is 12.8. The van der Waals surface area contributed by atoms with Gasteiger partial charge in [-0.1, -0.05) is 23.2 Å². The lowest BCUT2D eigenvalue weighted by atomic mass is 10.1. The summed E-state index contributed by atoms with van der Waals surface area (Å²) in [7, 11) is 1.65. The van der Waals surface area contributed by atoms with Crippen LogP contribution in [0.2, 0.25) is 10.0 Å². The lowest BCUT2D eigenvalue weighted by Crippen LogP contribution is -2.35. The summed E-state index contributed by atoms with van der Waals surface area (Å²) in [5.41, 5.74) is 0.498. The van der Waals surface area contributed by atoms with Crippen LogP contribution in [0.3, 0.4) is 0 Å². The Kier molecular flexibility index (Phi) is 4.62. The van der Waals surface area contributed by atoms with Crippen molar-refractivity contribution >= 4 is 29.2 Å². The molecule has 0 radical (unpaired) electrons. The Morgan fingerprint density at radius 2 is 2.06 bits per heavy atom. The monoisotopic (exact) mass is 277 g/mol. The first-order chi connectivity index (χ1) is 7.82. The second-order valence-corrected chi connectivity index (χ2v) is 4.67. The quantitative estimate of drug-likeness (QED) is 0.888. The SMILES string of the molecule is CC(C(=O)O)N(C)Cc1cc(Cl)cc(Cl)c1O. The molecule has 0 bridgehead atoms. The Labute approximate surface area is 109 Å². The summed E-state index contributed by atoms with van der Waals surface area (Å²) in [5, 5.41) is 19.1. The van der Waals surface area contributed by atoms with Crippen molar-refractivity contribution in [3.63, 3.8) is 0 Å². The molecule has 0 aromatic heterocycles. The minimum absolute atomic E-state index is 0.0690. The molecule has 1 atom stereocenters. The number of hydrogen-bond donors (Lipinski definition) is 2. The summed E-state index contributed by atoms with van der Waals surface area (Å²) < 4.78 is 0. The number of halogens is 2. The zero-order valence-corrected chi connectivity index (χ0v) is 11.0. The van der Waals surface area contributed by atoms with Crippen molar-refractivity contribution in [2.24, 2.45) is 0 Å². The molecule has 0 aliphatic rings. The number of carboxylic acid groups (broad SMARTS) is 1. The summed E-state index contributed by atoms with van der Waals surface area (Å²) in [6.07, 6.45) is 0. The fourth-order valence-electron chi connectivity index (χ4n) is 1.33. The Morgan fingerprint density at radius 1 is 1.47 bits per heavy atom. The molecule has 0 heterocycles. The van der Waals surface area contributed by atoms with Gasteiger partial charge < -0.3 is 10.2 Å². The van der Waals surface area contributed by atoms with Gasteiger partial charge in [-0.05, 0) is 26.1 Å². The van der Waals surface area contributed by atoms with Gasteiger partial charge in [0.2, 0.25) is 0 Å². The first kappa shape index (κ1) is 14.1. The third-order valence-corrected chi connectivity index (χ3v) is 3.05. The average Bonchev–Trinajstić information content (AvgIpc) is 2.23. The zero-order valence-electron chi connectivity index (χ0n) is 9.44. The van der Waals surface area contributed by atoms with Crippen LogP contribution in [0.1, 0.15) is 12.5 Å². The molecule has 1 unspecified atom stereocenters. The van der Waals surface area contributed by atoms with Crippen molar-refractivity contribution < 1.29 is 15.0 Å². The first-order valence-corrected chi connectivity index (χ1v) is 5.68. The van der Waals surface area contributed by atoms with Crippen LogP contribution >= 0.6 is 23.2 Å². The van der Waals surface area contributed by atoms with Crippen LogP contribution < -0.4 is 0 Å². The average molecular weight is 278 g/mol. The number of rotatable bonds is 4. The third-order valence-electron chi connectivity index (χ3n) is 2.55. The van der Waals surface area contributed by atoms with E-state index in [-0.39, 0.29) is 17.3 Å². The number of benzene rings is 1. The van der Waals surface area contributed by atoms with Gasteiger partial charge >= 0.3 is 5.97 Å². The van der Waals surface area contributed by atoms with Gasteiger partial charge in [0.1, 0.15) is 11.8 Å². The van der Waals surface area contributed by atoms with E-state index in [0.29, 0.717) is 10.6 Å². The molecule has 0 saturated heterocycles. The van der Waals surface area contributed by atoms with Crippen molar-refractivity contribution in [1.29, 1.82) is 0 Å². The lowest BCUT2D eigenvalue weighted by molar-refractivity contribution is -0.142. The number of hydrogen-bond acceptors (Lipinski definition) is 3. The predicted molar refractivity (Wildman–Crippen MR) is 66.7 cm³/mol. The number of nitrogens with zero attached hydrogens (tertiary/aromatic N) is 1. The number of carboxylic acids is 1. The van der Waals surface area contributed by atoms with Gasteiger partial charge in [0.05, 0.1) is 5.02 Å². The molecule has 17 heavy (non-hydrogen) atoms. The maximum Gasteiger partial charge on any atom is 0.320 e. The first-order valence-electron chi connectivity index (χ1n) is 4.93. The van der Waals surface area contributed by atoms with Crippen LogP contribution in [0.4, 0.5) is 0 Å². The molecule has 1 aromatic carbocycles. The molecule has 0 spiro atoms. The number of carbonyl (C=O) groups is 1. The Balaban J connectivity index is 2.92. The van der Waals surface area contributed by atoms with Gasteiger partial charge in [-0.3, -0.25) is 9.69 Å². The number of aliphatic carboxylic acids is 1. The van der Waals surface area contributed by atoms with Crippen LogP contribution in [0.25, 0.3) is 0 Å². The van der Waals surface area contributed by atoms with E-state index >= 15 is 0 Å². The van der Waals surface area contributed by atoms with Gasteiger partial charge in [0, 0.05) is 17.1 Å². The van der Waals surface area contributed by atoms with Crippen molar-refractivity contribution in [1.82, 2.24) is 4.90 Å². The van der Waals surface area contributed by atoms with Gasteiger partial charge in [-0.2, -0.15) is 0 Å². The van der Waals surface area contributed by atoms with Gasteiger partial charge in [0.25, 0.3) is 0 Å². The van der Waals surface area contributed by atoms with Crippen molar-refractivity contribution in [2.75, 3.05) is 7.05 Å². The van der Waals surface area contributed by atoms with Crippen LogP contribution in [0.5, 0.6) is 5.75 Å². The number of aromatic hydroxyl groups is 1. The highest BCUT2D eigenvalue weighted by molar-refractivity contribution is 6.35. The molecule has 2 N–H and O–H groups in total. The van der Waals surface area contributed by atoms with Crippen molar-refractivity contribution in [3.05, 3.63) is 27.7 Å². The van der Waals surface area contributed by atoms with E-state index in [4.69, 9.17) is 28.3 Å². The molecule has 1 aromatic rings. The maximum absolute atomic E-state index is 10.8. The lowest BCUT2D eigenvalue weighted by Gasteiger charge is -2.21. The minimum atomic E-state index is -0.930. The van der Waals surface area contributed by atoms with Gasteiger partial charge in [-0.25, -0.2) is 0 Å². The van der Waals surface area contributed by atoms with Crippen LogP contribution in [-0.2, 0) is 11.3 Å². The Bertz CT molecular complexity index is 437. The van der Waals surface area contributed by atoms with E-state index in [9.17, 15) is 9.90 Å². The predicted octanol–water partition coefficient (Wildman–Crippen LogP) is 2.60. The molecular weight excluding hydrogens is 265 g/mol. The Hall–Kier alpha value is -0.970. The summed E-state index contributed by atoms with van der Waals surface area (Å²) in [4.78, 5) is 12.4. The highest BCUT2D eigenvalue weighted by atomic mass is 35.5. The Morgan fingerprint density at radius 3 is 2.59 bits per heavy atom. The molecule has 0 aliphatic carbocycles. The van der Waals surface area contributed by atoms with E-state index in [2.05, 4.69) is 0 Å². The minimum Gasteiger partial charge on any atom is -0.506 e. The van der Waals surface area contributed by atoms with E-state index in [0.717, 1.165) is 0 Å². The van der Waals surface area contributed by atoms with Crippen LogP contribution in [0, 0.1) is 0 Å². The van der Waals surface area contributed by atoms with Gasteiger partial charge in [0.15, 0.2) is 0 Å². The number of phenolic OH excluding ortho intramolecular Hbond substituents is 1. The standard InChI is InChI=1S/C11H13Cl2NO3/c1-6(11(16)17)14(2)5-7-3-8(12)4-9(13)10(7)15/h3-4,6,15H,5H2,1-2H3,(H,16,17). The van der Waals surface area contributed by atoms with E-state index in [1.807, 2.05) is 0 Å². The molecule has 6 heteroatoms. The zero-order chi connectivity index (χ0) is 13.2. The second-order valence-electron chi connectivity index (χ2n) is 3.82. The second kappa shape index (κ2) is 5.58. The maximum atomic E-state index is 10.8. The summed E-state index contributed by atoms with van der Waals surface area (Å²) in [5.74, 6) is -0.999. The molecule has 1 rings (SSSR count). The van der Waals surface area contributed by atoms with Crippen molar-refractivity contribution in [3.8, 4) is 5.75 Å². The van der Waals surface area contributed by atoms with Crippen LogP contribution in [0.15, 0.2) is 12.1 Å². The third kappa shape index (κ3) is 3.49. The smallest absolute Gasteiger partial charge is 0.320 e. The fourth-order valence-corrected chi connectivity index (χ4v) is 1.87. The molecular formula is C11H13Cl2NO3. The topological polar surface area (TPSA) is 60.8 Å². The van der Waals surface area contributed by atoms with Crippen molar-refractivity contribution in [2.45, 2.75) is 19.5 Å².